The molecule has 0 aliphatic heterocycles. The maximum atomic E-state index is 11.9. The molecule has 2 rings (SSSR count). The third kappa shape index (κ3) is 4.73. The van der Waals surface area contributed by atoms with Gasteiger partial charge >= 0.3 is 6.03 Å². The van der Waals surface area contributed by atoms with E-state index in [1.54, 1.807) is 17.5 Å². The fourth-order valence-electron chi connectivity index (χ4n) is 2.00. The van der Waals surface area contributed by atoms with Gasteiger partial charge in [0, 0.05) is 50.4 Å². The van der Waals surface area contributed by atoms with Crippen LogP contribution in [0.25, 0.3) is 0 Å². The molecule has 2 aromatic rings. The first kappa shape index (κ1) is 16.3. The highest BCUT2D eigenvalue weighted by Gasteiger charge is 2.09. The van der Waals surface area contributed by atoms with Crippen molar-refractivity contribution >= 4 is 23.1 Å². The number of thiazole rings is 1. The van der Waals surface area contributed by atoms with Gasteiger partial charge in [0.2, 0.25) is 0 Å². The van der Waals surface area contributed by atoms with Gasteiger partial charge in [-0.25, -0.2) is 9.78 Å². The molecule has 0 saturated heterocycles. The van der Waals surface area contributed by atoms with Crippen molar-refractivity contribution in [3.05, 3.63) is 46.4 Å². The minimum absolute atomic E-state index is 0.154. The zero-order valence-electron chi connectivity index (χ0n) is 13.2. The van der Waals surface area contributed by atoms with Crippen LogP contribution >= 0.6 is 11.3 Å². The van der Waals surface area contributed by atoms with Crippen LogP contribution in [0.15, 0.2) is 35.8 Å². The molecule has 2 N–H and O–H groups in total. The molecule has 0 spiro atoms. The van der Waals surface area contributed by atoms with E-state index in [9.17, 15) is 4.79 Å². The lowest BCUT2D eigenvalue weighted by Crippen LogP contribution is -2.37. The first-order chi connectivity index (χ1) is 10.6. The third-order valence-corrected chi connectivity index (χ3v) is 4.33. The van der Waals surface area contributed by atoms with E-state index < -0.39 is 0 Å². The van der Waals surface area contributed by atoms with Crippen LogP contribution in [0.4, 0.5) is 10.5 Å². The molecule has 0 radical (unpaired) electrons. The molecular weight excluding hydrogens is 296 g/mol. The molecule has 22 heavy (non-hydrogen) atoms. The summed E-state index contributed by atoms with van der Waals surface area (Å²) in [6.45, 7) is 3.15. The van der Waals surface area contributed by atoms with Gasteiger partial charge in [0.15, 0.2) is 0 Å². The minimum Gasteiger partial charge on any atom is -0.378 e. The van der Waals surface area contributed by atoms with Gasteiger partial charge in [0.25, 0.3) is 0 Å². The molecule has 118 valence electrons. The Morgan fingerprint density at radius 1 is 1.36 bits per heavy atom. The second-order valence-corrected chi connectivity index (χ2v) is 6.33. The number of nitrogens with one attached hydrogen (secondary N) is 2. The molecule has 1 aromatic carbocycles. The molecule has 1 heterocycles. The van der Waals surface area contributed by atoms with Crippen molar-refractivity contribution in [1.29, 1.82) is 0 Å². The van der Waals surface area contributed by atoms with Gasteiger partial charge in [0.1, 0.15) is 0 Å². The summed E-state index contributed by atoms with van der Waals surface area (Å²) >= 11 is 1.61. The zero-order valence-corrected chi connectivity index (χ0v) is 14.0. The molecule has 0 unspecified atom stereocenters. The van der Waals surface area contributed by atoms with Crippen molar-refractivity contribution in [1.82, 2.24) is 15.6 Å². The van der Waals surface area contributed by atoms with Crippen LogP contribution < -0.4 is 15.5 Å². The summed E-state index contributed by atoms with van der Waals surface area (Å²) in [5.41, 5.74) is 2.20. The lowest BCUT2D eigenvalue weighted by Gasteiger charge is -2.14. The van der Waals surface area contributed by atoms with E-state index in [1.807, 2.05) is 42.6 Å². The number of hydrogen-bond acceptors (Lipinski definition) is 4. The van der Waals surface area contributed by atoms with E-state index in [4.69, 9.17) is 0 Å². The van der Waals surface area contributed by atoms with Crippen molar-refractivity contribution in [2.45, 2.75) is 19.4 Å². The van der Waals surface area contributed by atoms with Crippen molar-refractivity contribution < 1.29 is 4.79 Å². The highest BCUT2D eigenvalue weighted by molar-refractivity contribution is 7.09. The van der Waals surface area contributed by atoms with Gasteiger partial charge in [-0.15, -0.1) is 11.3 Å². The van der Waals surface area contributed by atoms with Crippen LogP contribution in [0.1, 0.15) is 23.4 Å². The lowest BCUT2D eigenvalue weighted by atomic mass is 10.2. The van der Waals surface area contributed by atoms with E-state index in [0.29, 0.717) is 13.1 Å². The summed E-state index contributed by atoms with van der Waals surface area (Å²) in [7, 11) is 4.00. The number of carbonyl (C=O) groups is 1. The predicted molar refractivity (Wildman–Crippen MR) is 91.5 cm³/mol. The van der Waals surface area contributed by atoms with Crippen molar-refractivity contribution in [2.24, 2.45) is 0 Å². The number of carbonyl (C=O) groups excluding carboxylic acids is 1. The van der Waals surface area contributed by atoms with Gasteiger partial charge in [-0.2, -0.15) is 0 Å². The minimum atomic E-state index is -0.154. The topological polar surface area (TPSA) is 57.3 Å². The van der Waals surface area contributed by atoms with Gasteiger partial charge in [0.05, 0.1) is 5.01 Å². The predicted octanol–water partition coefficient (Wildman–Crippen LogP) is 2.81. The van der Waals surface area contributed by atoms with E-state index >= 15 is 0 Å². The van der Waals surface area contributed by atoms with Crippen molar-refractivity contribution in [2.75, 3.05) is 25.5 Å². The van der Waals surface area contributed by atoms with E-state index in [-0.39, 0.29) is 11.9 Å². The highest BCUT2D eigenvalue weighted by atomic mass is 32.1. The number of nitrogens with zero attached hydrogens (tertiary/aromatic N) is 2. The second kappa shape index (κ2) is 7.79. The van der Waals surface area contributed by atoms with E-state index in [1.165, 1.54) is 0 Å². The number of urea groups is 1. The summed E-state index contributed by atoms with van der Waals surface area (Å²) in [5.74, 6) is 0.225. The fourth-order valence-corrected chi connectivity index (χ4v) is 2.70. The number of anilines is 1. The summed E-state index contributed by atoms with van der Waals surface area (Å²) in [6.07, 6.45) is 1.79. The Labute approximate surface area is 135 Å². The lowest BCUT2D eigenvalue weighted by molar-refractivity contribution is 0.240. The third-order valence-electron chi connectivity index (χ3n) is 3.32. The number of aromatic nitrogens is 1. The quantitative estimate of drug-likeness (QED) is 0.861. The van der Waals surface area contributed by atoms with Crippen molar-refractivity contribution in [3.63, 3.8) is 0 Å². The van der Waals surface area contributed by atoms with Gasteiger partial charge in [-0.05, 0) is 17.7 Å². The molecule has 5 nitrogen and oxygen atoms in total. The van der Waals surface area contributed by atoms with Crippen LogP contribution in [0, 0.1) is 0 Å². The van der Waals surface area contributed by atoms with Crippen LogP contribution in [-0.2, 0) is 6.54 Å². The number of hydrogen-bond donors (Lipinski definition) is 2. The largest absolute Gasteiger partial charge is 0.378 e. The first-order valence-corrected chi connectivity index (χ1v) is 8.11. The summed E-state index contributed by atoms with van der Waals surface area (Å²) < 4.78 is 0. The molecule has 0 aliphatic rings. The van der Waals surface area contributed by atoms with E-state index in [0.717, 1.165) is 16.3 Å². The molecule has 2 amide bonds. The number of rotatable bonds is 6. The Bertz CT molecular complexity index is 598. The maximum Gasteiger partial charge on any atom is 0.315 e. The summed E-state index contributed by atoms with van der Waals surface area (Å²) in [4.78, 5) is 18.2. The number of amides is 2. The Kier molecular flexibility index (Phi) is 5.77. The molecule has 0 fully saturated rings. The Morgan fingerprint density at radius 3 is 2.86 bits per heavy atom. The van der Waals surface area contributed by atoms with Crippen molar-refractivity contribution in [3.8, 4) is 0 Å². The number of benzene rings is 1. The average molecular weight is 318 g/mol. The average Bonchev–Trinajstić information content (AvgIpc) is 3.05. The van der Waals surface area contributed by atoms with E-state index in [2.05, 4.69) is 28.6 Å². The Morgan fingerprint density at radius 2 is 2.18 bits per heavy atom. The Balaban J connectivity index is 1.77. The SMILES string of the molecule is C[C@H](CNC(=O)NCc1cccc(N(C)C)c1)c1nccs1. The summed E-state index contributed by atoms with van der Waals surface area (Å²) in [6, 6.07) is 7.96. The molecule has 0 bridgehead atoms. The maximum absolute atomic E-state index is 11.9. The standard InChI is InChI=1S/C16H22N4OS/c1-12(15-17-7-8-22-15)10-18-16(21)19-11-13-5-4-6-14(9-13)20(2)3/h4-9,12H,10-11H2,1-3H3,(H2,18,19,21)/t12-/m1/s1. The Hall–Kier alpha value is -2.08. The van der Waals surface area contributed by atoms with Gasteiger partial charge in [-0.3, -0.25) is 0 Å². The second-order valence-electron chi connectivity index (χ2n) is 5.40. The van der Waals surface area contributed by atoms with Gasteiger partial charge in [-0.1, -0.05) is 19.1 Å². The molecule has 1 aromatic heterocycles. The monoisotopic (exact) mass is 318 g/mol. The molecule has 6 heteroatoms. The smallest absolute Gasteiger partial charge is 0.315 e. The van der Waals surface area contributed by atoms with Crippen LogP contribution in [-0.4, -0.2) is 31.7 Å². The summed E-state index contributed by atoms with van der Waals surface area (Å²) in [5, 5.41) is 8.75. The molecular formula is C16H22N4OS. The van der Waals surface area contributed by atoms with Crippen LogP contribution in [0.2, 0.25) is 0 Å². The normalized spacial score (nSPS) is 11.8. The van der Waals surface area contributed by atoms with Gasteiger partial charge < -0.3 is 15.5 Å². The first-order valence-electron chi connectivity index (χ1n) is 7.23. The fraction of sp³-hybridized carbons (Fsp3) is 0.375. The molecule has 0 saturated carbocycles. The van der Waals surface area contributed by atoms with Crippen LogP contribution in [0.3, 0.4) is 0 Å². The van der Waals surface area contributed by atoms with Crippen LogP contribution in [0.5, 0.6) is 0 Å². The highest BCUT2D eigenvalue weighted by Crippen LogP contribution is 2.16. The molecule has 0 aliphatic carbocycles. The zero-order chi connectivity index (χ0) is 15.9. The molecule has 1 atom stereocenters.